The van der Waals surface area contributed by atoms with Gasteiger partial charge in [0.1, 0.15) is 13.0 Å². The highest BCUT2D eigenvalue weighted by Gasteiger charge is 2.23. The van der Waals surface area contributed by atoms with Gasteiger partial charge in [0.2, 0.25) is 6.04 Å². The van der Waals surface area contributed by atoms with Gasteiger partial charge in [-0.3, -0.25) is 0 Å². The van der Waals surface area contributed by atoms with Gasteiger partial charge in [-0.1, -0.05) is 11.8 Å². The van der Waals surface area contributed by atoms with Crippen molar-refractivity contribution in [3.05, 3.63) is 0 Å². The van der Waals surface area contributed by atoms with Gasteiger partial charge in [-0.2, -0.15) is 0 Å². The summed E-state index contributed by atoms with van der Waals surface area (Å²) in [5, 5.41) is 10.2. The van der Waals surface area contributed by atoms with Crippen molar-refractivity contribution in [2.45, 2.75) is 6.04 Å². The molecule has 0 saturated heterocycles. The molecule has 0 spiro atoms. The van der Waals surface area contributed by atoms with Crippen LogP contribution >= 0.6 is 11.8 Å². The third kappa shape index (κ3) is 1.24. The van der Waals surface area contributed by atoms with E-state index in [2.05, 4.69) is 0 Å². The maximum absolute atomic E-state index is 10.2. The van der Waals surface area contributed by atoms with Crippen LogP contribution in [0.15, 0.2) is 0 Å². The zero-order valence-corrected chi connectivity index (χ0v) is 5.85. The van der Waals surface area contributed by atoms with Crippen LogP contribution in [-0.4, -0.2) is 34.9 Å². The van der Waals surface area contributed by atoms with Crippen molar-refractivity contribution in [3.63, 3.8) is 0 Å². The van der Waals surface area contributed by atoms with Gasteiger partial charge in [-0.15, -0.1) is 0 Å². The van der Waals surface area contributed by atoms with Gasteiger partial charge >= 0.3 is 0 Å². The van der Waals surface area contributed by atoms with Crippen LogP contribution in [0.3, 0.4) is 0 Å². The zero-order valence-electron chi connectivity index (χ0n) is 5.03. The minimum atomic E-state index is -0.987. The molecule has 50 valence electrons. The summed E-state index contributed by atoms with van der Waals surface area (Å²) < 4.78 is 1.65. The second kappa shape index (κ2) is 2.39. The molecule has 0 bridgehead atoms. The molecule has 0 aromatic rings. The minimum Gasteiger partial charge on any atom is -0.543 e. The predicted molar refractivity (Wildman–Crippen MR) is 33.5 cm³/mol. The Morgan fingerprint density at radius 1 is 2.00 bits per heavy atom. The monoisotopic (exact) mass is 145 g/mol. The number of carbonyl (C=O) groups excluding carboxylic acids is 1. The van der Waals surface area contributed by atoms with Gasteiger partial charge < -0.3 is 9.90 Å². The third-order valence-electron chi connectivity index (χ3n) is 1.26. The summed E-state index contributed by atoms with van der Waals surface area (Å²) in [4.78, 5) is 10.2. The molecule has 3 nitrogen and oxygen atoms in total. The van der Waals surface area contributed by atoms with Crippen molar-refractivity contribution in [2.75, 3.05) is 12.8 Å². The summed E-state index contributed by atoms with van der Waals surface area (Å²) in [7, 11) is 1.74. The topological polar surface area (TPSA) is 43.1 Å². The molecule has 9 heavy (non-hydrogen) atoms. The van der Waals surface area contributed by atoms with Crippen LogP contribution < -0.4 is 5.11 Å². The Morgan fingerprint density at radius 2 is 2.67 bits per heavy atom. The molecule has 1 rings (SSSR count). The van der Waals surface area contributed by atoms with E-state index in [-0.39, 0.29) is 0 Å². The Kier molecular flexibility index (Phi) is 1.75. The lowest BCUT2D eigenvalue weighted by Crippen LogP contribution is -2.41. The maximum atomic E-state index is 10.2. The Bertz CT molecular complexity index is 166. The van der Waals surface area contributed by atoms with E-state index >= 15 is 0 Å². The van der Waals surface area contributed by atoms with Gasteiger partial charge in [0.25, 0.3) is 0 Å². The SMILES string of the molecule is C[N+]1=CSCC1C(=O)[O-]. The number of carbonyl (C=O) groups is 1. The lowest BCUT2D eigenvalue weighted by molar-refractivity contribution is -0.523. The smallest absolute Gasteiger partial charge is 0.201 e. The van der Waals surface area contributed by atoms with Crippen molar-refractivity contribution in [2.24, 2.45) is 0 Å². The summed E-state index contributed by atoms with van der Waals surface area (Å²) in [6, 6.07) is -0.421. The molecule has 0 aromatic carbocycles. The highest BCUT2D eigenvalue weighted by molar-refractivity contribution is 8.12. The number of likely N-dealkylation sites (N-methyl/N-ethyl adjacent to an activating group) is 1. The Labute approximate surface area is 57.4 Å². The van der Waals surface area contributed by atoms with Gasteiger partial charge in [0, 0.05) is 0 Å². The summed E-state index contributed by atoms with van der Waals surface area (Å²) in [5.74, 6) is -0.377. The quantitative estimate of drug-likeness (QED) is 0.423. The average molecular weight is 145 g/mol. The molecule has 0 radical (unpaired) electrons. The number of carboxylic acids is 1. The largest absolute Gasteiger partial charge is 0.543 e. The molecule has 0 amide bonds. The summed E-state index contributed by atoms with van der Waals surface area (Å²) >= 11 is 1.50. The molecule has 1 unspecified atom stereocenters. The van der Waals surface area contributed by atoms with E-state index in [1.165, 1.54) is 11.8 Å². The number of nitrogens with zero attached hydrogens (tertiary/aromatic N) is 1. The maximum Gasteiger partial charge on any atom is 0.201 e. The summed E-state index contributed by atoms with van der Waals surface area (Å²) in [6.45, 7) is 0. The first kappa shape index (κ1) is 6.61. The second-order valence-corrected chi connectivity index (χ2v) is 2.82. The lowest BCUT2D eigenvalue weighted by atomic mass is 10.3. The predicted octanol–water partition coefficient (Wildman–Crippen LogP) is -1.48. The molecule has 0 fully saturated rings. The number of hydrogen-bond donors (Lipinski definition) is 0. The first-order chi connectivity index (χ1) is 4.22. The van der Waals surface area contributed by atoms with Crippen LogP contribution in [-0.2, 0) is 4.79 Å². The molecule has 1 heterocycles. The van der Waals surface area contributed by atoms with E-state index in [0.717, 1.165) is 0 Å². The first-order valence-electron chi connectivity index (χ1n) is 2.59. The minimum absolute atomic E-state index is 0.421. The number of carboxylic acid groups (broad SMARTS) is 1. The van der Waals surface area contributed by atoms with Crippen molar-refractivity contribution in [1.82, 2.24) is 0 Å². The van der Waals surface area contributed by atoms with E-state index < -0.39 is 12.0 Å². The van der Waals surface area contributed by atoms with E-state index in [9.17, 15) is 9.90 Å². The molecule has 1 aliphatic heterocycles. The van der Waals surface area contributed by atoms with Gasteiger partial charge in [-0.25, -0.2) is 4.58 Å². The first-order valence-corrected chi connectivity index (χ1v) is 3.64. The van der Waals surface area contributed by atoms with E-state index in [1.54, 1.807) is 17.2 Å². The molecule has 4 heteroatoms. The number of thioether (sulfide) groups is 1. The zero-order chi connectivity index (χ0) is 6.85. The molecule has 0 saturated carbocycles. The molecular weight excluding hydrogens is 138 g/mol. The standard InChI is InChI=1S/C5H7NO2S/c1-6-3-9-2-4(6)5(7)8/h3-4H,2H2,1H3. The van der Waals surface area contributed by atoms with Gasteiger partial charge in [0.05, 0.1) is 5.75 Å². The highest BCUT2D eigenvalue weighted by Crippen LogP contribution is 2.08. The number of aliphatic carboxylic acids is 1. The second-order valence-electron chi connectivity index (χ2n) is 1.94. The van der Waals surface area contributed by atoms with Gasteiger partial charge in [-0.05, 0) is 0 Å². The Balaban J connectivity index is 2.63. The fraction of sp³-hybridized carbons (Fsp3) is 0.600. The molecule has 0 aromatic heterocycles. The highest BCUT2D eigenvalue weighted by atomic mass is 32.2. The van der Waals surface area contributed by atoms with Crippen LogP contribution in [0.5, 0.6) is 0 Å². The Hall–Kier alpha value is -0.510. The van der Waals surface area contributed by atoms with Crippen LogP contribution in [0, 0.1) is 0 Å². The third-order valence-corrected chi connectivity index (χ3v) is 2.25. The lowest BCUT2D eigenvalue weighted by Gasteiger charge is -2.05. The summed E-state index contributed by atoms with van der Waals surface area (Å²) in [6.07, 6.45) is 0. The molecule has 0 N–H and O–H groups in total. The Morgan fingerprint density at radius 3 is 2.89 bits per heavy atom. The van der Waals surface area contributed by atoms with E-state index in [1.807, 2.05) is 0 Å². The fourth-order valence-electron chi connectivity index (χ4n) is 0.677. The van der Waals surface area contributed by atoms with Crippen molar-refractivity contribution in [1.29, 1.82) is 0 Å². The molecule has 1 atom stereocenters. The molecule has 1 aliphatic rings. The van der Waals surface area contributed by atoms with E-state index in [0.29, 0.717) is 5.75 Å². The summed E-state index contributed by atoms with van der Waals surface area (Å²) in [5.41, 5.74) is 1.79. The average Bonchev–Trinajstić information content (AvgIpc) is 2.13. The van der Waals surface area contributed by atoms with E-state index in [4.69, 9.17) is 0 Å². The van der Waals surface area contributed by atoms with Crippen LogP contribution in [0.25, 0.3) is 0 Å². The fourth-order valence-corrected chi connectivity index (χ4v) is 1.70. The molecule has 0 aliphatic carbocycles. The normalized spacial score (nSPS) is 25.9. The van der Waals surface area contributed by atoms with Crippen molar-refractivity contribution >= 4 is 23.3 Å². The van der Waals surface area contributed by atoms with Crippen LogP contribution in [0.1, 0.15) is 0 Å². The van der Waals surface area contributed by atoms with Crippen molar-refractivity contribution in [3.8, 4) is 0 Å². The number of hydrogen-bond acceptors (Lipinski definition) is 3. The van der Waals surface area contributed by atoms with Crippen LogP contribution in [0.2, 0.25) is 0 Å². The number of rotatable bonds is 1. The van der Waals surface area contributed by atoms with Gasteiger partial charge in [0.15, 0.2) is 5.55 Å². The van der Waals surface area contributed by atoms with Crippen molar-refractivity contribution < 1.29 is 14.5 Å². The molecular formula is C5H7NO2S. The van der Waals surface area contributed by atoms with Crippen LogP contribution in [0.4, 0.5) is 0 Å².